The highest BCUT2D eigenvalue weighted by Gasteiger charge is 2.27. The molecular weight excluding hydrogens is 274 g/mol. The lowest BCUT2D eigenvalue weighted by molar-refractivity contribution is -0.135. The van der Waals surface area contributed by atoms with Gasteiger partial charge in [-0.05, 0) is 37.1 Å². The average Bonchev–Trinajstić information content (AvgIpc) is 2.37. The van der Waals surface area contributed by atoms with Gasteiger partial charge in [-0.1, -0.05) is 13.0 Å². The summed E-state index contributed by atoms with van der Waals surface area (Å²) < 4.78 is 54.8. The summed E-state index contributed by atoms with van der Waals surface area (Å²) in [7, 11) is 1.36. The van der Waals surface area contributed by atoms with Gasteiger partial charge in [-0.25, -0.2) is 4.39 Å². The first-order valence-electron chi connectivity index (χ1n) is 6.51. The number of hydrogen-bond donors (Lipinski definition) is 1. The molecule has 1 N–H and O–H groups in total. The molecule has 114 valence electrons. The summed E-state index contributed by atoms with van der Waals surface area (Å²) in [4.78, 5) is 0. The number of hydrogen-bond acceptors (Lipinski definition) is 2. The van der Waals surface area contributed by atoms with Crippen molar-refractivity contribution in [2.45, 2.75) is 38.4 Å². The van der Waals surface area contributed by atoms with Gasteiger partial charge in [-0.2, -0.15) is 13.2 Å². The van der Waals surface area contributed by atoms with E-state index in [1.165, 1.54) is 19.2 Å². The fraction of sp³-hybridized carbons (Fsp3) is 0.571. The van der Waals surface area contributed by atoms with Crippen LogP contribution in [0, 0.1) is 5.82 Å². The Labute approximate surface area is 116 Å². The number of rotatable bonds is 7. The zero-order valence-electron chi connectivity index (χ0n) is 11.6. The molecule has 1 atom stereocenters. The van der Waals surface area contributed by atoms with Crippen molar-refractivity contribution in [2.24, 2.45) is 0 Å². The average molecular weight is 293 g/mol. The summed E-state index contributed by atoms with van der Waals surface area (Å²) >= 11 is 0. The summed E-state index contributed by atoms with van der Waals surface area (Å²) in [5, 5.41) is 3.11. The van der Waals surface area contributed by atoms with E-state index in [1.807, 2.05) is 6.92 Å². The molecule has 0 aliphatic rings. The van der Waals surface area contributed by atoms with Crippen LogP contribution in [0.15, 0.2) is 18.2 Å². The summed E-state index contributed by atoms with van der Waals surface area (Å²) in [6.45, 7) is 2.49. The number of nitrogens with one attached hydrogen (secondary N) is 1. The standard InChI is InChI=1S/C14H19F4NO/c1-3-19-12(5-4-8-14(16,17)18)10-6-7-11(15)13(9-10)20-2/h6-7,9,12,19H,3-5,8H2,1-2H3. The molecule has 0 aliphatic carbocycles. The van der Waals surface area contributed by atoms with Gasteiger partial charge in [0.25, 0.3) is 0 Å². The molecule has 0 fully saturated rings. The quantitative estimate of drug-likeness (QED) is 0.760. The highest BCUT2D eigenvalue weighted by atomic mass is 19.4. The van der Waals surface area contributed by atoms with E-state index in [0.29, 0.717) is 13.0 Å². The van der Waals surface area contributed by atoms with E-state index < -0.39 is 18.4 Å². The molecule has 0 saturated carbocycles. The monoisotopic (exact) mass is 293 g/mol. The van der Waals surface area contributed by atoms with Gasteiger partial charge >= 0.3 is 6.18 Å². The van der Waals surface area contributed by atoms with Crippen LogP contribution >= 0.6 is 0 Å². The maximum Gasteiger partial charge on any atom is 0.389 e. The Bertz CT molecular complexity index is 420. The Morgan fingerprint density at radius 2 is 2.00 bits per heavy atom. The van der Waals surface area contributed by atoms with Crippen molar-refractivity contribution in [3.8, 4) is 5.75 Å². The van der Waals surface area contributed by atoms with Crippen LogP contribution in [0.1, 0.15) is 37.8 Å². The first-order valence-corrected chi connectivity index (χ1v) is 6.51. The fourth-order valence-corrected chi connectivity index (χ4v) is 2.03. The van der Waals surface area contributed by atoms with Crippen LogP contribution in [-0.2, 0) is 0 Å². The third-order valence-electron chi connectivity index (χ3n) is 2.98. The van der Waals surface area contributed by atoms with Gasteiger partial charge in [0.05, 0.1) is 7.11 Å². The second-order valence-corrected chi connectivity index (χ2v) is 4.51. The minimum absolute atomic E-state index is 0.0286. The number of methoxy groups -OCH3 is 1. The SMILES string of the molecule is CCNC(CCCC(F)(F)F)c1ccc(F)c(OC)c1. The Morgan fingerprint density at radius 3 is 2.55 bits per heavy atom. The molecule has 0 heterocycles. The zero-order chi connectivity index (χ0) is 15.2. The van der Waals surface area contributed by atoms with E-state index in [1.54, 1.807) is 6.07 Å². The van der Waals surface area contributed by atoms with Crippen LogP contribution in [0.2, 0.25) is 0 Å². The molecule has 0 aromatic heterocycles. The van der Waals surface area contributed by atoms with Gasteiger partial charge in [0, 0.05) is 12.5 Å². The third kappa shape index (κ3) is 5.36. The van der Waals surface area contributed by atoms with Crippen molar-refractivity contribution in [3.05, 3.63) is 29.6 Å². The summed E-state index contributed by atoms with van der Waals surface area (Å²) in [6, 6.07) is 4.12. The van der Waals surface area contributed by atoms with Gasteiger partial charge in [0.2, 0.25) is 0 Å². The molecule has 0 bridgehead atoms. The van der Waals surface area contributed by atoms with Gasteiger partial charge in [-0.15, -0.1) is 0 Å². The lowest BCUT2D eigenvalue weighted by Crippen LogP contribution is -2.21. The minimum Gasteiger partial charge on any atom is -0.494 e. The van der Waals surface area contributed by atoms with E-state index in [9.17, 15) is 17.6 Å². The first-order chi connectivity index (χ1) is 9.37. The van der Waals surface area contributed by atoms with Crippen molar-refractivity contribution in [3.63, 3.8) is 0 Å². The lowest BCUT2D eigenvalue weighted by Gasteiger charge is -2.19. The third-order valence-corrected chi connectivity index (χ3v) is 2.98. The molecular formula is C14H19F4NO. The summed E-state index contributed by atoms with van der Waals surface area (Å²) in [5.41, 5.74) is 0.729. The first kappa shape index (κ1) is 16.8. The van der Waals surface area contributed by atoms with E-state index in [-0.39, 0.29) is 18.2 Å². The molecule has 0 amide bonds. The Balaban J connectivity index is 2.74. The molecule has 6 heteroatoms. The topological polar surface area (TPSA) is 21.3 Å². The van der Waals surface area contributed by atoms with E-state index in [4.69, 9.17) is 4.74 Å². The van der Waals surface area contributed by atoms with Crippen LogP contribution in [-0.4, -0.2) is 19.8 Å². The lowest BCUT2D eigenvalue weighted by atomic mass is 10.0. The van der Waals surface area contributed by atoms with Crippen molar-refractivity contribution in [2.75, 3.05) is 13.7 Å². The van der Waals surface area contributed by atoms with Crippen molar-refractivity contribution in [1.29, 1.82) is 0 Å². The predicted octanol–water partition coefficient (Wildman–Crippen LogP) is 4.22. The highest BCUT2D eigenvalue weighted by Crippen LogP contribution is 2.28. The van der Waals surface area contributed by atoms with E-state index in [2.05, 4.69) is 5.32 Å². The molecule has 1 rings (SSSR count). The van der Waals surface area contributed by atoms with Crippen molar-refractivity contribution in [1.82, 2.24) is 5.32 Å². The van der Waals surface area contributed by atoms with E-state index >= 15 is 0 Å². The smallest absolute Gasteiger partial charge is 0.389 e. The van der Waals surface area contributed by atoms with Gasteiger partial charge in [0.15, 0.2) is 11.6 Å². The summed E-state index contributed by atoms with van der Waals surface area (Å²) in [5.74, 6) is -0.386. The molecule has 0 saturated heterocycles. The summed E-state index contributed by atoms with van der Waals surface area (Å²) in [6.07, 6.45) is -4.59. The van der Waals surface area contributed by atoms with Crippen LogP contribution in [0.3, 0.4) is 0 Å². The number of halogens is 4. The number of ether oxygens (including phenoxy) is 1. The zero-order valence-corrected chi connectivity index (χ0v) is 11.6. The second kappa shape index (κ2) is 7.47. The molecule has 0 spiro atoms. The molecule has 1 unspecified atom stereocenters. The molecule has 1 aromatic rings. The Hall–Kier alpha value is -1.30. The maximum absolute atomic E-state index is 13.3. The molecule has 0 radical (unpaired) electrons. The second-order valence-electron chi connectivity index (χ2n) is 4.51. The fourth-order valence-electron chi connectivity index (χ4n) is 2.03. The molecule has 1 aromatic carbocycles. The van der Waals surface area contributed by atoms with Crippen LogP contribution in [0.25, 0.3) is 0 Å². The van der Waals surface area contributed by atoms with E-state index in [0.717, 1.165) is 5.56 Å². The molecule has 2 nitrogen and oxygen atoms in total. The van der Waals surface area contributed by atoms with Gasteiger partial charge < -0.3 is 10.1 Å². The van der Waals surface area contributed by atoms with Crippen LogP contribution in [0.5, 0.6) is 5.75 Å². The number of alkyl halides is 3. The normalized spacial score (nSPS) is 13.3. The highest BCUT2D eigenvalue weighted by molar-refractivity contribution is 5.32. The number of benzene rings is 1. The Kier molecular flexibility index (Phi) is 6.26. The van der Waals surface area contributed by atoms with Crippen LogP contribution in [0.4, 0.5) is 17.6 Å². The van der Waals surface area contributed by atoms with Crippen LogP contribution < -0.4 is 10.1 Å². The van der Waals surface area contributed by atoms with Gasteiger partial charge in [-0.3, -0.25) is 0 Å². The largest absolute Gasteiger partial charge is 0.494 e. The molecule has 0 aliphatic heterocycles. The minimum atomic E-state index is -4.14. The van der Waals surface area contributed by atoms with Crippen molar-refractivity contribution < 1.29 is 22.3 Å². The maximum atomic E-state index is 13.3. The Morgan fingerprint density at radius 1 is 1.30 bits per heavy atom. The van der Waals surface area contributed by atoms with Gasteiger partial charge in [0.1, 0.15) is 0 Å². The predicted molar refractivity (Wildman–Crippen MR) is 69.3 cm³/mol. The van der Waals surface area contributed by atoms with Crippen molar-refractivity contribution >= 4 is 0 Å². The molecule has 20 heavy (non-hydrogen) atoms.